The number of methoxy groups -OCH3 is 1. The molecule has 0 saturated carbocycles. The normalized spacial score (nSPS) is 9.76. The maximum Gasteiger partial charge on any atom is 0.337 e. The lowest BCUT2D eigenvalue weighted by atomic mass is 10.1. The first-order valence-corrected chi connectivity index (χ1v) is 7.73. The number of hydrogen-bond acceptors (Lipinski definition) is 5. The fourth-order valence-corrected chi connectivity index (χ4v) is 2.08. The predicted molar refractivity (Wildman–Crippen MR) is 92.5 cm³/mol. The van der Waals surface area contributed by atoms with Gasteiger partial charge in [0.2, 0.25) is 0 Å². The number of hydrogen-bond donors (Lipinski definition) is 1. The number of rotatable bonds is 7. The Morgan fingerprint density at radius 3 is 2.52 bits per heavy atom. The molecule has 2 aromatic carbocycles. The third-order valence-electron chi connectivity index (χ3n) is 3.36. The zero-order valence-electron chi connectivity index (χ0n) is 13.8. The molecule has 0 bridgehead atoms. The number of nitrogens with zero attached hydrogens (tertiary/aromatic N) is 1. The monoisotopic (exact) mass is 338 g/mol. The summed E-state index contributed by atoms with van der Waals surface area (Å²) < 4.78 is 10.2. The van der Waals surface area contributed by atoms with E-state index in [2.05, 4.69) is 16.1 Å². The number of carbonyl (C=O) groups is 2. The fourth-order valence-electron chi connectivity index (χ4n) is 2.08. The van der Waals surface area contributed by atoms with Crippen molar-refractivity contribution in [3.63, 3.8) is 0 Å². The van der Waals surface area contributed by atoms with Gasteiger partial charge in [-0.05, 0) is 42.8 Å². The van der Waals surface area contributed by atoms with Gasteiger partial charge in [0.25, 0.3) is 5.91 Å². The smallest absolute Gasteiger partial charge is 0.337 e. The standard InChI is InChI=1S/C19H18N2O4/c1-24-19(23)15-9-7-14(8-10-15)18(22)21-16-5-4-6-17(13-16)25-12-3-2-11-20/h4-10,13H,2-3,12H2,1H3,(H,21,22). The van der Waals surface area contributed by atoms with Crippen LogP contribution in [0.1, 0.15) is 33.6 Å². The van der Waals surface area contributed by atoms with Crippen molar-refractivity contribution in [2.75, 3.05) is 19.0 Å². The number of nitrogens with one attached hydrogen (secondary N) is 1. The van der Waals surface area contributed by atoms with Crippen molar-refractivity contribution >= 4 is 17.6 Å². The summed E-state index contributed by atoms with van der Waals surface area (Å²) in [4.78, 5) is 23.7. The molecule has 0 unspecified atom stereocenters. The van der Waals surface area contributed by atoms with Crippen LogP contribution in [0.15, 0.2) is 48.5 Å². The van der Waals surface area contributed by atoms with Gasteiger partial charge in [-0.3, -0.25) is 4.79 Å². The lowest BCUT2D eigenvalue weighted by Crippen LogP contribution is -2.12. The summed E-state index contributed by atoms with van der Waals surface area (Å²) in [5.74, 6) is -0.122. The average molecular weight is 338 g/mol. The number of nitriles is 1. The Morgan fingerprint density at radius 1 is 1.12 bits per heavy atom. The first-order valence-electron chi connectivity index (χ1n) is 7.73. The van der Waals surface area contributed by atoms with Crippen LogP contribution in [0.5, 0.6) is 5.75 Å². The molecule has 2 rings (SSSR count). The van der Waals surface area contributed by atoms with E-state index in [1.165, 1.54) is 19.2 Å². The van der Waals surface area contributed by atoms with Gasteiger partial charge in [0.05, 0.1) is 25.3 Å². The molecule has 0 aliphatic carbocycles. The third kappa shape index (κ3) is 5.36. The molecule has 0 spiro atoms. The molecule has 128 valence electrons. The maximum atomic E-state index is 12.3. The van der Waals surface area contributed by atoms with Gasteiger partial charge in [-0.15, -0.1) is 0 Å². The van der Waals surface area contributed by atoms with Gasteiger partial charge in [0.15, 0.2) is 0 Å². The Morgan fingerprint density at radius 2 is 1.84 bits per heavy atom. The summed E-state index contributed by atoms with van der Waals surface area (Å²) in [6.45, 7) is 0.444. The summed E-state index contributed by atoms with van der Waals surface area (Å²) in [7, 11) is 1.30. The molecule has 6 heteroatoms. The Kier molecular flexibility index (Phi) is 6.55. The zero-order valence-corrected chi connectivity index (χ0v) is 13.8. The summed E-state index contributed by atoms with van der Waals surface area (Å²) >= 11 is 0. The first kappa shape index (κ1) is 18.0. The highest BCUT2D eigenvalue weighted by Gasteiger charge is 2.09. The number of ether oxygens (including phenoxy) is 2. The van der Waals surface area contributed by atoms with Crippen LogP contribution >= 0.6 is 0 Å². The predicted octanol–water partition coefficient (Wildman–Crippen LogP) is 3.41. The molecule has 25 heavy (non-hydrogen) atoms. The van der Waals surface area contributed by atoms with Crippen molar-refractivity contribution in [3.8, 4) is 11.8 Å². The van der Waals surface area contributed by atoms with E-state index >= 15 is 0 Å². The van der Waals surface area contributed by atoms with E-state index in [-0.39, 0.29) is 5.91 Å². The topological polar surface area (TPSA) is 88.4 Å². The van der Waals surface area contributed by atoms with Crippen LogP contribution in [-0.2, 0) is 4.74 Å². The van der Waals surface area contributed by atoms with Crippen LogP contribution in [0.25, 0.3) is 0 Å². The molecule has 0 radical (unpaired) electrons. The van der Waals surface area contributed by atoms with E-state index in [0.717, 1.165) is 0 Å². The molecule has 2 aromatic rings. The fraction of sp³-hybridized carbons (Fsp3) is 0.211. The van der Waals surface area contributed by atoms with Crippen molar-refractivity contribution < 1.29 is 19.1 Å². The van der Waals surface area contributed by atoms with E-state index in [1.54, 1.807) is 36.4 Å². The van der Waals surface area contributed by atoms with Crippen molar-refractivity contribution in [2.45, 2.75) is 12.8 Å². The molecule has 6 nitrogen and oxygen atoms in total. The summed E-state index contributed by atoms with van der Waals surface area (Å²) in [5, 5.41) is 11.3. The van der Waals surface area contributed by atoms with Gasteiger partial charge in [-0.25, -0.2) is 4.79 Å². The van der Waals surface area contributed by atoms with Crippen molar-refractivity contribution in [3.05, 3.63) is 59.7 Å². The lowest BCUT2D eigenvalue weighted by Gasteiger charge is -2.09. The second-order valence-corrected chi connectivity index (χ2v) is 5.16. The van der Waals surface area contributed by atoms with Crippen LogP contribution in [0.2, 0.25) is 0 Å². The quantitative estimate of drug-likeness (QED) is 0.617. The summed E-state index contributed by atoms with van der Waals surface area (Å²) in [6.07, 6.45) is 1.09. The highest BCUT2D eigenvalue weighted by Crippen LogP contribution is 2.18. The van der Waals surface area contributed by atoms with Crippen molar-refractivity contribution in [1.29, 1.82) is 5.26 Å². The SMILES string of the molecule is COC(=O)c1ccc(C(=O)Nc2cccc(OCCCC#N)c2)cc1. The lowest BCUT2D eigenvalue weighted by molar-refractivity contribution is 0.0600. The molecule has 0 saturated heterocycles. The summed E-state index contributed by atoms with van der Waals surface area (Å²) in [6, 6.07) is 15.3. The number of carbonyl (C=O) groups excluding carboxylic acids is 2. The Bertz CT molecular complexity index is 779. The minimum atomic E-state index is -0.451. The van der Waals surface area contributed by atoms with E-state index in [0.29, 0.717) is 42.0 Å². The van der Waals surface area contributed by atoms with Gasteiger partial charge >= 0.3 is 5.97 Å². The molecule has 1 amide bonds. The molecule has 0 aliphatic rings. The molecule has 0 fully saturated rings. The first-order chi connectivity index (χ1) is 12.1. The highest BCUT2D eigenvalue weighted by molar-refractivity contribution is 6.04. The Balaban J connectivity index is 1.98. The zero-order chi connectivity index (χ0) is 18.1. The Hall–Kier alpha value is -3.33. The van der Waals surface area contributed by atoms with E-state index < -0.39 is 5.97 Å². The molecule has 1 N–H and O–H groups in total. The second kappa shape index (κ2) is 9.08. The molecule has 0 aliphatic heterocycles. The number of esters is 1. The maximum absolute atomic E-state index is 12.3. The van der Waals surface area contributed by atoms with Gasteiger partial charge in [0, 0.05) is 23.7 Å². The van der Waals surface area contributed by atoms with Crippen molar-refractivity contribution in [1.82, 2.24) is 0 Å². The van der Waals surface area contributed by atoms with Gasteiger partial charge < -0.3 is 14.8 Å². The van der Waals surface area contributed by atoms with E-state index in [9.17, 15) is 9.59 Å². The van der Waals surface area contributed by atoms with Crippen LogP contribution in [0.3, 0.4) is 0 Å². The van der Waals surface area contributed by atoms with Crippen LogP contribution < -0.4 is 10.1 Å². The van der Waals surface area contributed by atoms with Crippen LogP contribution in [-0.4, -0.2) is 25.6 Å². The number of benzene rings is 2. The highest BCUT2D eigenvalue weighted by atomic mass is 16.5. The average Bonchev–Trinajstić information content (AvgIpc) is 2.65. The molecular formula is C19H18N2O4. The van der Waals surface area contributed by atoms with Crippen LogP contribution in [0.4, 0.5) is 5.69 Å². The molecule has 0 aromatic heterocycles. The van der Waals surface area contributed by atoms with E-state index in [4.69, 9.17) is 10.00 Å². The minimum absolute atomic E-state index is 0.293. The van der Waals surface area contributed by atoms with Crippen molar-refractivity contribution in [2.24, 2.45) is 0 Å². The number of unbranched alkanes of at least 4 members (excludes halogenated alkanes) is 1. The van der Waals surface area contributed by atoms with Gasteiger partial charge in [0.1, 0.15) is 5.75 Å². The number of amides is 1. The van der Waals surface area contributed by atoms with Gasteiger partial charge in [-0.2, -0.15) is 5.26 Å². The molecule has 0 heterocycles. The largest absolute Gasteiger partial charge is 0.493 e. The second-order valence-electron chi connectivity index (χ2n) is 5.16. The number of anilines is 1. The third-order valence-corrected chi connectivity index (χ3v) is 3.36. The molecule has 0 atom stereocenters. The molecular weight excluding hydrogens is 320 g/mol. The summed E-state index contributed by atoms with van der Waals surface area (Å²) in [5.41, 5.74) is 1.40. The van der Waals surface area contributed by atoms with E-state index in [1.807, 2.05) is 0 Å². The van der Waals surface area contributed by atoms with Gasteiger partial charge in [-0.1, -0.05) is 6.07 Å². The Labute approximate surface area is 146 Å². The van der Waals surface area contributed by atoms with Crippen LogP contribution in [0, 0.1) is 11.3 Å². The minimum Gasteiger partial charge on any atom is -0.493 e.